The molecule has 0 aliphatic heterocycles. The van der Waals surface area contributed by atoms with Gasteiger partial charge in [-0.15, -0.1) is 0 Å². The molecule has 0 aromatic carbocycles. The molecule has 1 aromatic rings. The quantitative estimate of drug-likeness (QED) is 0.720. The highest BCUT2D eigenvalue weighted by molar-refractivity contribution is 6.30. The Morgan fingerprint density at radius 1 is 1.58 bits per heavy atom. The molecule has 0 aliphatic rings. The number of aliphatic hydroxyl groups excluding tert-OH is 1. The minimum Gasteiger partial charge on any atom is -0.479 e. The maximum Gasteiger partial charge on any atom is 0.338 e. The first kappa shape index (κ1) is 8.96. The third-order valence-electron chi connectivity index (χ3n) is 1.26. The second kappa shape index (κ2) is 3.51. The van der Waals surface area contributed by atoms with Gasteiger partial charge in [-0.3, -0.25) is 4.98 Å². The molecule has 4 nitrogen and oxygen atoms in total. The number of carbonyl (C=O) groups is 1. The Hall–Kier alpha value is -1.13. The molecule has 1 unspecified atom stereocenters. The Morgan fingerprint density at radius 3 is 2.67 bits per heavy atom. The van der Waals surface area contributed by atoms with Gasteiger partial charge in [-0.2, -0.15) is 0 Å². The summed E-state index contributed by atoms with van der Waals surface area (Å²) in [6.07, 6.45) is -0.300. The number of rotatable bonds is 2. The molecule has 0 saturated heterocycles. The van der Waals surface area contributed by atoms with Gasteiger partial charge in [-0.1, -0.05) is 11.6 Å². The molecule has 0 bridgehead atoms. The van der Waals surface area contributed by atoms with Crippen molar-refractivity contribution in [3.05, 3.63) is 29.0 Å². The summed E-state index contributed by atoms with van der Waals surface area (Å²) in [5.41, 5.74) is 0.0758. The van der Waals surface area contributed by atoms with E-state index in [4.69, 9.17) is 21.8 Å². The van der Waals surface area contributed by atoms with E-state index in [9.17, 15) is 4.79 Å². The fraction of sp³-hybridized carbons (Fsp3) is 0.143. The van der Waals surface area contributed by atoms with Crippen molar-refractivity contribution in [1.29, 1.82) is 0 Å². The summed E-state index contributed by atoms with van der Waals surface area (Å²) < 4.78 is 0. The Morgan fingerprint density at radius 2 is 2.25 bits per heavy atom. The molecule has 64 valence electrons. The fourth-order valence-electron chi connectivity index (χ4n) is 0.676. The summed E-state index contributed by atoms with van der Waals surface area (Å²) in [7, 11) is 0. The number of hydrogen-bond acceptors (Lipinski definition) is 3. The Bertz CT molecular complexity index is 285. The van der Waals surface area contributed by atoms with Crippen LogP contribution >= 0.6 is 11.6 Å². The van der Waals surface area contributed by atoms with Crippen molar-refractivity contribution in [2.24, 2.45) is 0 Å². The number of nitrogens with zero attached hydrogens (tertiary/aromatic N) is 1. The molecule has 0 spiro atoms. The van der Waals surface area contributed by atoms with Gasteiger partial charge < -0.3 is 10.2 Å². The lowest BCUT2D eigenvalue weighted by Gasteiger charge is -2.03. The van der Waals surface area contributed by atoms with Crippen molar-refractivity contribution < 1.29 is 15.0 Å². The smallest absolute Gasteiger partial charge is 0.338 e. The third-order valence-corrected chi connectivity index (χ3v) is 1.49. The molecule has 1 atom stereocenters. The number of pyridine rings is 1. The number of carboxylic acid groups (broad SMARTS) is 1. The standard InChI is InChI=1S/C7H6ClNO3/c8-4-1-2-5(9-3-4)6(10)7(11)12/h1-3,6,10H,(H,11,12). The van der Waals surface area contributed by atoms with Crippen LogP contribution in [0.5, 0.6) is 0 Å². The van der Waals surface area contributed by atoms with Crippen LogP contribution in [0.25, 0.3) is 0 Å². The second-order valence-electron chi connectivity index (χ2n) is 2.14. The number of carboxylic acids is 1. The van der Waals surface area contributed by atoms with Crippen LogP contribution in [0, 0.1) is 0 Å². The van der Waals surface area contributed by atoms with E-state index in [-0.39, 0.29) is 5.69 Å². The number of aromatic nitrogens is 1. The van der Waals surface area contributed by atoms with Crippen LogP contribution in [0.3, 0.4) is 0 Å². The molecular weight excluding hydrogens is 182 g/mol. The van der Waals surface area contributed by atoms with Crippen LogP contribution in [0.1, 0.15) is 11.8 Å². The minimum absolute atomic E-state index is 0.0758. The molecule has 0 aliphatic carbocycles. The Labute approximate surface area is 73.4 Å². The first-order valence-corrected chi connectivity index (χ1v) is 3.51. The van der Waals surface area contributed by atoms with Crippen molar-refractivity contribution in [3.63, 3.8) is 0 Å². The van der Waals surface area contributed by atoms with Crippen LogP contribution in [0.15, 0.2) is 18.3 Å². The van der Waals surface area contributed by atoms with Crippen LogP contribution in [-0.2, 0) is 4.79 Å². The van der Waals surface area contributed by atoms with Gasteiger partial charge in [0.25, 0.3) is 0 Å². The zero-order valence-electron chi connectivity index (χ0n) is 5.94. The molecule has 1 aromatic heterocycles. The summed E-state index contributed by atoms with van der Waals surface area (Å²) >= 11 is 5.50. The first-order chi connectivity index (χ1) is 5.61. The Balaban J connectivity index is 2.89. The maximum atomic E-state index is 10.3. The molecule has 0 saturated carbocycles. The molecule has 0 radical (unpaired) electrons. The van der Waals surface area contributed by atoms with Crippen molar-refractivity contribution in [3.8, 4) is 0 Å². The SMILES string of the molecule is O=C(O)C(O)c1ccc(Cl)cn1. The summed E-state index contributed by atoms with van der Waals surface area (Å²) in [6.45, 7) is 0. The van der Waals surface area contributed by atoms with Gasteiger partial charge in [0.2, 0.25) is 0 Å². The largest absolute Gasteiger partial charge is 0.479 e. The minimum atomic E-state index is -1.58. The van der Waals surface area contributed by atoms with Gasteiger partial charge in [0.05, 0.1) is 10.7 Å². The van der Waals surface area contributed by atoms with Crippen LogP contribution < -0.4 is 0 Å². The van der Waals surface area contributed by atoms with Crippen LogP contribution in [-0.4, -0.2) is 21.2 Å². The van der Waals surface area contributed by atoms with E-state index in [1.807, 2.05) is 0 Å². The molecule has 1 rings (SSSR count). The van der Waals surface area contributed by atoms with Gasteiger partial charge in [0.15, 0.2) is 6.10 Å². The van der Waals surface area contributed by atoms with E-state index in [0.717, 1.165) is 0 Å². The van der Waals surface area contributed by atoms with Crippen molar-refractivity contribution in [2.45, 2.75) is 6.10 Å². The van der Waals surface area contributed by atoms with E-state index >= 15 is 0 Å². The summed E-state index contributed by atoms with van der Waals surface area (Å²) in [5, 5.41) is 17.8. The van der Waals surface area contributed by atoms with Gasteiger partial charge in [0, 0.05) is 6.20 Å². The van der Waals surface area contributed by atoms with Crippen LogP contribution in [0.4, 0.5) is 0 Å². The summed E-state index contributed by atoms with van der Waals surface area (Å²) in [6, 6.07) is 2.83. The predicted molar refractivity (Wildman–Crippen MR) is 41.8 cm³/mol. The average molecular weight is 188 g/mol. The number of halogens is 1. The average Bonchev–Trinajstić information content (AvgIpc) is 2.04. The highest BCUT2D eigenvalue weighted by Gasteiger charge is 2.16. The maximum absolute atomic E-state index is 10.3. The van der Waals surface area contributed by atoms with Gasteiger partial charge in [-0.25, -0.2) is 4.79 Å². The molecule has 2 N–H and O–H groups in total. The molecule has 0 amide bonds. The van der Waals surface area contributed by atoms with E-state index < -0.39 is 12.1 Å². The summed E-state index contributed by atoms with van der Waals surface area (Å²) in [4.78, 5) is 13.9. The lowest BCUT2D eigenvalue weighted by Crippen LogP contribution is -2.11. The first-order valence-electron chi connectivity index (χ1n) is 3.13. The van der Waals surface area contributed by atoms with Crippen molar-refractivity contribution in [1.82, 2.24) is 4.98 Å². The van der Waals surface area contributed by atoms with E-state index in [0.29, 0.717) is 5.02 Å². The molecule has 12 heavy (non-hydrogen) atoms. The van der Waals surface area contributed by atoms with Gasteiger partial charge in [-0.05, 0) is 12.1 Å². The zero-order chi connectivity index (χ0) is 9.14. The normalized spacial score (nSPS) is 12.5. The molecule has 0 fully saturated rings. The van der Waals surface area contributed by atoms with E-state index in [1.165, 1.54) is 18.3 Å². The van der Waals surface area contributed by atoms with Gasteiger partial charge in [0.1, 0.15) is 0 Å². The number of aliphatic hydroxyl groups is 1. The zero-order valence-corrected chi connectivity index (χ0v) is 6.69. The summed E-state index contributed by atoms with van der Waals surface area (Å²) in [5.74, 6) is -1.33. The van der Waals surface area contributed by atoms with Crippen LogP contribution in [0.2, 0.25) is 5.02 Å². The van der Waals surface area contributed by atoms with Crippen molar-refractivity contribution in [2.75, 3.05) is 0 Å². The van der Waals surface area contributed by atoms with Crippen molar-refractivity contribution >= 4 is 17.6 Å². The highest BCUT2D eigenvalue weighted by atomic mass is 35.5. The molecule has 5 heteroatoms. The number of aliphatic carboxylic acids is 1. The topological polar surface area (TPSA) is 70.4 Å². The monoisotopic (exact) mass is 187 g/mol. The number of hydrogen-bond donors (Lipinski definition) is 2. The molecular formula is C7H6ClNO3. The second-order valence-corrected chi connectivity index (χ2v) is 2.58. The third kappa shape index (κ3) is 1.93. The van der Waals surface area contributed by atoms with Gasteiger partial charge >= 0.3 is 5.97 Å². The molecule has 1 heterocycles. The van der Waals surface area contributed by atoms with E-state index in [1.54, 1.807) is 0 Å². The lowest BCUT2D eigenvalue weighted by atomic mass is 10.2. The van der Waals surface area contributed by atoms with E-state index in [2.05, 4.69) is 4.98 Å². The predicted octanol–water partition coefficient (Wildman–Crippen LogP) is 0.853. The highest BCUT2D eigenvalue weighted by Crippen LogP contribution is 2.12. The lowest BCUT2D eigenvalue weighted by molar-refractivity contribution is -0.147. The Kier molecular flexibility index (Phi) is 2.62. The fourth-order valence-corrected chi connectivity index (χ4v) is 0.787.